The molecule has 0 saturated carbocycles. The van der Waals surface area contributed by atoms with Gasteiger partial charge < -0.3 is 4.74 Å². The number of carbonyl (C=O) groups is 1. The second-order valence-electron chi connectivity index (χ2n) is 5.26. The lowest BCUT2D eigenvalue weighted by Crippen LogP contribution is -2.29. The first-order valence-corrected chi connectivity index (χ1v) is 5.75. The zero-order valence-electron chi connectivity index (χ0n) is 11.4. The van der Waals surface area contributed by atoms with Crippen molar-refractivity contribution >= 4 is 6.09 Å². The van der Waals surface area contributed by atoms with Crippen LogP contribution in [0.1, 0.15) is 52.2 Å². The number of rotatable bonds is 3. The Morgan fingerprint density at radius 1 is 1.39 bits per heavy atom. The lowest BCUT2D eigenvalue weighted by atomic mass is 10.2. The summed E-state index contributed by atoms with van der Waals surface area (Å²) in [5.74, 6) is 5.90. The molecule has 0 bridgehead atoms. The van der Waals surface area contributed by atoms with Crippen molar-refractivity contribution in [1.82, 2.24) is 14.8 Å². The summed E-state index contributed by atoms with van der Waals surface area (Å²) < 4.78 is 6.62. The van der Waals surface area contributed by atoms with Crippen molar-refractivity contribution in [3.63, 3.8) is 0 Å². The van der Waals surface area contributed by atoms with Crippen LogP contribution in [0, 0.1) is 0 Å². The Labute approximate surface area is 106 Å². The zero-order valence-corrected chi connectivity index (χ0v) is 11.4. The Morgan fingerprint density at radius 2 is 2.00 bits per heavy atom. The van der Waals surface area contributed by atoms with Crippen LogP contribution < -0.4 is 5.90 Å². The van der Waals surface area contributed by atoms with Gasteiger partial charge in [-0.05, 0) is 20.8 Å². The van der Waals surface area contributed by atoms with Gasteiger partial charge in [-0.15, -0.1) is 10.2 Å². The number of nitrogens with zero attached hydrogens (tertiary/aromatic N) is 3. The summed E-state index contributed by atoms with van der Waals surface area (Å²) in [6.07, 6.45) is -0.525. The van der Waals surface area contributed by atoms with E-state index in [9.17, 15) is 4.79 Å². The summed E-state index contributed by atoms with van der Waals surface area (Å²) in [6, 6.07) is 0. The Hall–Kier alpha value is -1.47. The number of aromatic nitrogens is 3. The van der Waals surface area contributed by atoms with Crippen LogP contribution in [0.2, 0.25) is 0 Å². The van der Waals surface area contributed by atoms with Gasteiger partial charge in [0.2, 0.25) is 0 Å². The first kappa shape index (κ1) is 14.6. The molecule has 0 fully saturated rings. The molecule has 1 rings (SSSR count). The average Bonchev–Trinajstić information content (AvgIpc) is 2.59. The second kappa shape index (κ2) is 5.45. The molecule has 102 valence electrons. The minimum Gasteiger partial charge on any atom is -0.443 e. The molecule has 2 N–H and O–H groups in total. The Morgan fingerprint density at radius 3 is 2.44 bits per heavy atom. The van der Waals surface area contributed by atoms with Crippen LogP contribution in [0.4, 0.5) is 4.79 Å². The molecule has 1 aromatic rings. The second-order valence-corrected chi connectivity index (χ2v) is 5.26. The molecule has 0 amide bonds. The molecule has 0 spiro atoms. The van der Waals surface area contributed by atoms with Crippen LogP contribution in [0.3, 0.4) is 0 Å². The molecule has 0 aliphatic rings. The summed E-state index contributed by atoms with van der Waals surface area (Å²) in [6.45, 7) is 9.21. The molecule has 1 aromatic heterocycles. The van der Waals surface area contributed by atoms with E-state index in [1.807, 2.05) is 13.8 Å². The quantitative estimate of drug-likeness (QED) is 0.825. The van der Waals surface area contributed by atoms with Gasteiger partial charge in [-0.2, -0.15) is 0 Å². The topological polar surface area (TPSA) is 92.3 Å². The number of ether oxygens (including phenoxy) is 1. The van der Waals surface area contributed by atoms with E-state index in [4.69, 9.17) is 10.6 Å². The van der Waals surface area contributed by atoms with Gasteiger partial charge in [0.05, 0.1) is 0 Å². The zero-order chi connectivity index (χ0) is 13.9. The maximum absolute atomic E-state index is 12.1. The third-order valence-electron chi connectivity index (χ3n) is 2.06. The lowest BCUT2D eigenvalue weighted by Gasteiger charge is -2.21. The van der Waals surface area contributed by atoms with Gasteiger partial charge >= 0.3 is 6.09 Å². The maximum Gasteiger partial charge on any atom is 0.421 e. The van der Waals surface area contributed by atoms with Crippen molar-refractivity contribution in [3.8, 4) is 0 Å². The lowest BCUT2D eigenvalue weighted by molar-refractivity contribution is 0.0501. The summed E-state index contributed by atoms with van der Waals surface area (Å²) in [5.41, 5.74) is -0.587. The molecular formula is C11H20N4O3. The van der Waals surface area contributed by atoms with E-state index < -0.39 is 11.7 Å². The van der Waals surface area contributed by atoms with Gasteiger partial charge in [-0.1, -0.05) is 13.8 Å². The van der Waals surface area contributed by atoms with Gasteiger partial charge in [0.1, 0.15) is 18.0 Å². The highest BCUT2D eigenvalue weighted by Gasteiger charge is 2.25. The fourth-order valence-electron chi connectivity index (χ4n) is 1.38. The normalized spacial score (nSPS) is 11.9. The Balaban J connectivity index is 3.10. The first-order chi connectivity index (χ1) is 8.26. The van der Waals surface area contributed by atoms with Crippen LogP contribution in [0.25, 0.3) is 0 Å². The van der Waals surface area contributed by atoms with Crippen LogP contribution >= 0.6 is 0 Å². The minimum atomic E-state index is -0.587. The van der Waals surface area contributed by atoms with Gasteiger partial charge in [0, 0.05) is 5.92 Å². The number of carbonyl (C=O) groups excluding carboxylic acids is 1. The summed E-state index contributed by atoms with van der Waals surface area (Å²) in [4.78, 5) is 16.6. The average molecular weight is 256 g/mol. The molecule has 1 heterocycles. The van der Waals surface area contributed by atoms with Crippen LogP contribution in [-0.4, -0.2) is 26.5 Å². The number of hydrogen-bond acceptors (Lipinski definition) is 6. The van der Waals surface area contributed by atoms with E-state index >= 15 is 0 Å². The summed E-state index contributed by atoms with van der Waals surface area (Å²) in [7, 11) is 0. The molecule has 18 heavy (non-hydrogen) atoms. The first-order valence-electron chi connectivity index (χ1n) is 5.75. The molecule has 0 aliphatic heterocycles. The van der Waals surface area contributed by atoms with E-state index in [-0.39, 0.29) is 12.5 Å². The number of hydrogen-bond donors (Lipinski definition) is 1. The smallest absolute Gasteiger partial charge is 0.421 e. The van der Waals surface area contributed by atoms with Gasteiger partial charge in [0.15, 0.2) is 5.82 Å². The molecule has 0 unspecified atom stereocenters. The van der Waals surface area contributed by atoms with Crippen molar-refractivity contribution in [1.29, 1.82) is 0 Å². The van der Waals surface area contributed by atoms with E-state index in [1.54, 1.807) is 20.8 Å². The standard InChI is InChI=1S/C11H20N4O3/c1-7(2)9-14-13-8(6-17-12)15(9)10(16)18-11(3,4)5/h7H,6,12H2,1-5H3. The molecule has 7 nitrogen and oxygen atoms in total. The van der Waals surface area contributed by atoms with Crippen molar-refractivity contribution < 1.29 is 14.4 Å². The molecule has 0 atom stereocenters. The van der Waals surface area contributed by atoms with E-state index in [2.05, 4.69) is 15.0 Å². The molecule has 0 saturated heterocycles. The number of nitrogens with two attached hydrogens (primary N) is 1. The third-order valence-corrected chi connectivity index (χ3v) is 2.06. The molecule has 0 radical (unpaired) electrons. The van der Waals surface area contributed by atoms with Crippen molar-refractivity contribution in [3.05, 3.63) is 11.6 Å². The fraction of sp³-hybridized carbons (Fsp3) is 0.727. The Kier molecular flexibility index (Phi) is 4.42. The highest BCUT2D eigenvalue weighted by atomic mass is 16.6. The molecular weight excluding hydrogens is 236 g/mol. The third kappa shape index (κ3) is 3.51. The predicted octanol–water partition coefficient (Wildman–Crippen LogP) is 1.57. The highest BCUT2D eigenvalue weighted by Crippen LogP contribution is 2.17. The minimum absolute atomic E-state index is 0.00103. The van der Waals surface area contributed by atoms with Gasteiger partial charge in [-0.3, -0.25) is 4.84 Å². The fourth-order valence-corrected chi connectivity index (χ4v) is 1.38. The van der Waals surface area contributed by atoms with Crippen LogP contribution in [-0.2, 0) is 16.2 Å². The Bertz CT molecular complexity index is 420. The van der Waals surface area contributed by atoms with Crippen LogP contribution in [0.15, 0.2) is 0 Å². The van der Waals surface area contributed by atoms with E-state index in [0.29, 0.717) is 11.6 Å². The maximum atomic E-state index is 12.1. The predicted molar refractivity (Wildman–Crippen MR) is 64.7 cm³/mol. The van der Waals surface area contributed by atoms with Crippen LogP contribution in [0.5, 0.6) is 0 Å². The summed E-state index contributed by atoms with van der Waals surface area (Å²) in [5, 5.41) is 7.85. The van der Waals surface area contributed by atoms with E-state index in [0.717, 1.165) is 0 Å². The molecule has 0 aromatic carbocycles. The summed E-state index contributed by atoms with van der Waals surface area (Å²) >= 11 is 0. The van der Waals surface area contributed by atoms with Crippen molar-refractivity contribution in [2.24, 2.45) is 5.90 Å². The van der Waals surface area contributed by atoms with Gasteiger partial charge in [-0.25, -0.2) is 15.3 Å². The van der Waals surface area contributed by atoms with Crippen molar-refractivity contribution in [2.45, 2.75) is 52.7 Å². The van der Waals surface area contributed by atoms with Crippen molar-refractivity contribution in [2.75, 3.05) is 0 Å². The SMILES string of the molecule is CC(C)c1nnc(CON)n1C(=O)OC(C)(C)C. The van der Waals surface area contributed by atoms with Gasteiger partial charge in [0.25, 0.3) is 0 Å². The largest absolute Gasteiger partial charge is 0.443 e. The molecule has 0 aliphatic carbocycles. The monoisotopic (exact) mass is 256 g/mol. The highest BCUT2D eigenvalue weighted by molar-refractivity contribution is 5.72. The van der Waals surface area contributed by atoms with E-state index in [1.165, 1.54) is 4.57 Å². The molecule has 7 heteroatoms.